The number of amides is 2. The zero-order valence-electron chi connectivity index (χ0n) is 19.3. The van der Waals surface area contributed by atoms with E-state index in [-0.39, 0.29) is 19.0 Å². The highest BCUT2D eigenvalue weighted by Crippen LogP contribution is 2.29. The Balaban J connectivity index is 1.31. The van der Waals surface area contributed by atoms with Crippen LogP contribution in [-0.2, 0) is 27.7 Å². The fourth-order valence-corrected chi connectivity index (χ4v) is 6.01. The maximum absolute atomic E-state index is 13.1. The molecule has 0 unspecified atom stereocenters. The number of methoxy groups -OCH3 is 2. The van der Waals surface area contributed by atoms with Crippen molar-refractivity contribution in [1.29, 1.82) is 0 Å². The van der Waals surface area contributed by atoms with Gasteiger partial charge in [-0.3, -0.25) is 20.4 Å². The number of hydrogen-bond donors (Lipinski definition) is 2. The van der Waals surface area contributed by atoms with E-state index in [4.69, 9.17) is 9.47 Å². The van der Waals surface area contributed by atoms with Crippen molar-refractivity contribution in [3.05, 3.63) is 53.1 Å². The van der Waals surface area contributed by atoms with Crippen LogP contribution < -0.4 is 20.3 Å². The first kappa shape index (κ1) is 24.0. The van der Waals surface area contributed by atoms with Gasteiger partial charge in [0.25, 0.3) is 5.91 Å². The second kappa shape index (κ2) is 10.0. The van der Waals surface area contributed by atoms with Crippen molar-refractivity contribution in [2.24, 2.45) is 5.92 Å². The van der Waals surface area contributed by atoms with E-state index in [2.05, 4.69) is 10.9 Å². The largest absolute Gasteiger partial charge is 0.493 e. The molecule has 9 nitrogen and oxygen atoms in total. The molecule has 1 fully saturated rings. The minimum atomic E-state index is -3.60. The minimum Gasteiger partial charge on any atom is -0.493 e. The standard InChI is InChI=1S/C24H29N3O6S/c1-32-21-9-7-19(15-22(21)33-2)24(29)26-25-23(28)17-10-12-27(13-11-17)34(30,31)20-8-6-16-4-3-5-18(16)14-20/h6-9,14-15,17H,3-5,10-13H2,1-2H3,(H,25,28)(H,26,29). The summed E-state index contributed by atoms with van der Waals surface area (Å²) in [5.74, 6) is -0.338. The minimum absolute atomic E-state index is 0.251. The molecule has 0 saturated carbocycles. The zero-order valence-corrected chi connectivity index (χ0v) is 20.1. The lowest BCUT2D eigenvalue weighted by Gasteiger charge is -2.30. The number of rotatable bonds is 6. The van der Waals surface area contributed by atoms with Gasteiger partial charge in [0.05, 0.1) is 19.1 Å². The lowest BCUT2D eigenvalue weighted by molar-refractivity contribution is -0.126. The number of nitrogens with one attached hydrogen (secondary N) is 2. The first-order valence-corrected chi connectivity index (χ1v) is 12.7. The van der Waals surface area contributed by atoms with Crippen LogP contribution in [0.2, 0.25) is 0 Å². The number of carbonyl (C=O) groups excluding carboxylic acids is 2. The van der Waals surface area contributed by atoms with E-state index >= 15 is 0 Å². The molecular weight excluding hydrogens is 458 g/mol. The Labute approximate surface area is 199 Å². The van der Waals surface area contributed by atoms with E-state index in [0.717, 1.165) is 24.8 Å². The molecule has 0 atom stereocenters. The molecule has 4 rings (SSSR count). The number of ether oxygens (including phenoxy) is 2. The highest BCUT2D eigenvalue weighted by Gasteiger charge is 2.32. The molecule has 182 valence electrons. The Bertz CT molecular complexity index is 1190. The Morgan fingerprint density at radius 2 is 1.62 bits per heavy atom. The quantitative estimate of drug-likeness (QED) is 0.603. The SMILES string of the molecule is COc1ccc(C(=O)NNC(=O)C2CCN(S(=O)(=O)c3ccc4c(c3)CCC4)CC2)cc1OC. The number of piperidine rings is 1. The number of aryl methyl sites for hydroxylation is 2. The number of benzene rings is 2. The molecule has 2 amide bonds. The van der Waals surface area contributed by atoms with Crippen LogP contribution in [0.4, 0.5) is 0 Å². The number of sulfonamides is 1. The summed E-state index contributed by atoms with van der Waals surface area (Å²) < 4.78 is 38.0. The van der Waals surface area contributed by atoms with Gasteiger partial charge in [0, 0.05) is 24.6 Å². The third-order valence-electron chi connectivity index (χ3n) is 6.48. The lowest BCUT2D eigenvalue weighted by Crippen LogP contribution is -2.48. The molecule has 10 heteroatoms. The third-order valence-corrected chi connectivity index (χ3v) is 8.37. The summed E-state index contributed by atoms with van der Waals surface area (Å²) in [5.41, 5.74) is 7.50. The number of carbonyl (C=O) groups is 2. The van der Waals surface area contributed by atoms with Gasteiger partial charge in [0.15, 0.2) is 11.5 Å². The van der Waals surface area contributed by atoms with Crippen LogP contribution in [0, 0.1) is 5.92 Å². The van der Waals surface area contributed by atoms with Crippen LogP contribution in [-0.4, -0.2) is 51.8 Å². The van der Waals surface area contributed by atoms with Crippen LogP contribution in [0.1, 0.15) is 40.7 Å². The summed E-state index contributed by atoms with van der Waals surface area (Å²) in [6, 6.07) is 10.1. The number of hydrogen-bond acceptors (Lipinski definition) is 6. The van der Waals surface area contributed by atoms with Crippen LogP contribution in [0.15, 0.2) is 41.3 Å². The van der Waals surface area contributed by atoms with Gasteiger partial charge in [-0.2, -0.15) is 4.31 Å². The van der Waals surface area contributed by atoms with E-state index in [0.29, 0.717) is 34.8 Å². The zero-order chi connectivity index (χ0) is 24.3. The summed E-state index contributed by atoms with van der Waals surface area (Å²) in [7, 11) is -0.627. The molecule has 2 aromatic rings. The fourth-order valence-electron chi connectivity index (χ4n) is 4.49. The van der Waals surface area contributed by atoms with E-state index < -0.39 is 21.8 Å². The average Bonchev–Trinajstić information content (AvgIpc) is 3.34. The molecule has 0 bridgehead atoms. The van der Waals surface area contributed by atoms with Crippen molar-refractivity contribution in [2.45, 2.75) is 37.0 Å². The lowest BCUT2D eigenvalue weighted by atomic mass is 9.98. The molecule has 0 radical (unpaired) electrons. The normalized spacial score (nSPS) is 16.5. The van der Waals surface area contributed by atoms with Gasteiger partial charge < -0.3 is 9.47 Å². The summed E-state index contributed by atoms with van der Waals surface area (Å²) in [5, 5.41) is 0. The van der Waals surface area contributed by atoms with Crippen LogP contribution >= 0.6 is 0 Å². The second-order valence-electron chi connectivity index (χ2n) is 8.48. The predicted molar refractivity (Wildman–Crippen MR) is 125 cm³/mol. The Kier molecular flexibility index (Phi) is 7.08. The van der Waals surface area contributed by atoms with Crippen molar-refractivity contribution < 1.29 is 27.5 Å². The van der Waals surface area contributed by atoms with Crippen molar-refractivity contribution in [1.82, 2.24) is 15.2 Å². The molecule has 2 aliphatic rings. The number of nitrogens with zero attached hydrogens (tertiary/aromatic N) is 1. The molecule has 1 aliphatic heterocycles. The first-order valence-electron chi connectivity index (χ1n) is 11.3. The van der Waals surface area contributed by atoms with Crippen molar-refractivity contribution in [3.8, 4) is 11.5 Å². The third kappa shape index (κ3) is 4.88. The molecule has 2 aromatic carbocycles. The smallest absolute Gasteiger partial charge is 0.269 e. The average molecular weight is 488 g/mol. The molecule has 0 spiro atoms. The molecule has 2 N–H and O–H groups in total. The van der Waals surface area contributed by atoms with Gasteiger partial charge in [-0.1, -0.05) is 6.07 Å². The van der Waals surface area contributed by atoms with E-state index in [1.807, 2.05) is 6.07 Å². The summed E-state index contributed by atoms with van der Waals surface area (Å²) in [6.07, 6.45) is 3.72. The summed E-state index contributed by atoms with van der Waals surface area (Å²) in [4.78, 5) is 25.3. The summed E-state index contributed by atoms with van der Waals surface area (Å²) in [6.45, 7) is 0.502. The second-order valence-corrected chi connectivity index (χ2v) is 10.4. The number of hydrazine groups is 1. The van der Waals surface area contributed by atoms with Crippen molar-refractivity contribution in [3.63, 3.8) is 0 Å². The molecule has 0 aromatic heterocycles. The van der Waals surface area contributed by atoms with Crippen LogP contribution in [0.5, 0.6) is 11.5 Å². The van der Waals surface area contributed by atoms with Gasteiger partial charge in [-0.15, -0.1) is 0 Å². The van der Waals surface area contributed by atoms with Crippen molar-refractivity contribution in [2.75, 3.05) is 27.3 Å². The van der Waals surface area contributed by atoms with E-state index in [1.165, 1.54) is 30.2 Å². The maximum atomic E-state index is 13.1. The van der Waals surface area contributed by atoms with Gasteiger partial charge in [0.2, 0.25) is 15.9 Å². The van der Waals surface area contributed by atoms with E-state index in [1.54, 1.807) is 24.3 Å². The predicted octanol–water partition coefficient (Wildman–Crippen LogP) is 2.05. The number of fused-ring (bicyclic) bond motifs is 1. The summed E-state index contributed by atoms with van der Waals surface area (Å²) >= 11 is 0. The van der Waals surface area contributed by atoms with Crippen molar-refractivity contribution >= 4 is 21.8 Å². The highest BCUT2D eigenvalue weighted by atomic mass is 32.2. The molecule has 1 aliphatic carbocycles. The van der Waals surface area contributed by atoms with Crippen LogP contribution in [0.3, 0.4) is 0 Å². The Morgan fingerprint density at radius 3 is 2.32 bits per heavy atom. The van der Waals surface area contributed by atoms with Gasteiger partial charge >= 0.3 is 0 Å². The topological polar surface area (TPSA) is 114 Å². The Morgan fingerprint density at radius 1 is 0.912 bits per heavy atom. The van der Waals surface area contributed by atoms with Crippen LogP contribution in [0.25, 0.3) is 0 Å². The molecule has 1 heterocycles. The Hall–Kier alpha value is -3.11. The monoisotopic (exact) mass is 487 g/mol. The van der Waals surface area contributed by atoms with Gasteiger partial charge in [0.1, 0.15) is 0 Å². The highest BCUT2D eigenvalue weighted by molar-refractivity contribution is 7.89. The van der Waals surface area contributed by atoms with Gasteiger partial charge in [-0.25, -0.2) is 8.42 Å². The molecule has 34 heavy (non-hydrogen) atoms. The maximum Gasteiger partial charge on any atom is 0.269 e. The van der Waals surface area contributed by atoms with Gasteiger partial charge in [-0.05, 0) is 73.6 Å². The first-order chi connectivity index (χ1) is 16.3. The van der Waals surface area contributed by atoms with E-state index in [9.17, 15) is 18.0 Å². The molecular formula is C24H29N3O6S. The molecule has 1 saturated heterocycles. The fraction of sp³-hybridized carbons (Fsp3) is 0.417.